The molecule has 246 valence electrons. The molecule has 2 saturated heterocycles. The Morgan fingerprint density at radius 2 is 1.82 bits per heavy atom. The van der Waals surface area contributed by atoms with E-state index in [9.17, 15) is 14.7 Å². The highest BCUT2D eigenvalue weighted by Crippen LogP contribution is 2.29. The molecule has 1 N–H and O–H groups in total. The number of piperazine rings is 1. The fraction of sp³-hybridized carbons (Fsp3) is 0.618. The molecule has 3 aliphatic rings. The van der Waals surface area contributed by atoms with Gasteiger partial charge in [-0.05, 0) is 74.9 Å². The molecule has 0 aliphatic carbocycles. The number of carbonyl (C=O) groups is 2. The number of esters is 1. The smallest absolute Gasteiger partial charge is 0.410 e. The third-order valence-electron chi connectivity index (χ3n) is 9.28. The number of likely N-dealkylation sites (N-methyl/N-ethyl adjacent to an activating group) is 1. The first-order chi connectivity index (χ1) is 21.6. The maximum absolute atomic E-state index is 15.3. The van der Waals surface area contributed by atoms with E-state index in [1.54, 1.807) is 11.1 Å². The van der Waals surface area contributed by atoms with Crippen LogP contribution < -0.4 is 0 Å². The predicted octanol–water partition coefficient (Wildman–Crippen LogP) is 4.97. The maximum atomic E-state index is 15.3. The van der Waals surface area contributed by atoms with Crippen molar-refractivity contribution in [3.63, 3.8) is 0 Å². The van der Waals surface area contributed by atoms with E-state index in [1.807, 2.05) is 56.8 Å². The van der Waals surface area contributed by atoms with Gasteiger partial charge >= 0.3 is 12.1 Å². The monoisotopic (exact) mass is 626 g/mol. The second-order valence-corrected chi connectivity index (χ2v) is 13.0. The van der Waals surface area contributed by atoms with Crippen LogP contribution in [-0.4, -0.2) is 102 Å². The van der Waals surface area contributed by atoms with Crippen molar-refractivity contribution in [2.75, 3.05) is 46.4 Å². The lowest BCUT2D eigenvalue weighted by Crippen LogP contribution is -2.48. The number of nitrogens with zero attached hydrogens (tertiary/aromatic N) is 4. The first-order valence-corrected chi connectivity index (χ1v) is 16.2. The summed E-state index contributed by atoms with van der Waals surface area (Å²) in [7, 11) is 2.03. The molecular weight excluding hydrogens is 579 g/mol. The number of rotatable bonds is 4. The summed E-state index contributed by atoms with van der Waals surface area (Å²) in [4.78, 5) is 29.9. The Labute approximate surface area is 264 Å². The zero-order valence-corrected chi connectivity index (χ0v) is 26.9. The number of fused-ring (bicyclic) bond motifs is 1. The van der Waals surface area contributed by atoms with Gasteiger partial charge in [-0.3, -0.25) is 9.48 Å². The largest absolute Gasteiger partial charge is 0.457 e. The first kappa shape index (κ1) is 33.1. The summed E-state index contributed by atoms with van der Waals surface area (Å²) >= 11 is 0. The van der Waals surface area contributed by atoms with Gasteiger partial charge in [0.2, 0.25) is 0 Å². The quantitative estimate of drug-likeness (QED) is 0.375. The van der Waals surface area contributed by atoms with Gasteiger partial charge < -0.3 is 29.1 Å². The van der Waals surface area contributed by atoms with Crippen LogP contribution in [0.5, 0.6) is 0 Å². The molecule has 0 saturated carbocycles. The van der Waals surface area contributed by atoms with Gasteiger partial charge in [-0.15, -0.1) is 0 Å². The highest BCUT2D eigenvalue weighted by molar-refractivity contribution is 5.82. The highest BCUT2D eigenvalue weighted by Gasteiger charge is 2.29. The molecule has 4 heterocycles. The van der Waals surface area contributed by atoms with Crippen LogP contribution in [-0.2, 0) is 19.0 Å². The Morgan fingerprint density at radius 3 is 2.56 bits per heavy atom. The molecule has 5 rings (SSSR count). The number of amides is 1. The average Bonchev–Trinajstić information content (AvgIpc) is 3.45. The van der Waals surface area contributed by atoms with Crippen molar-refractivity contribution in [1.29, 1.82) is 0 Å². The summed E-state index contributed by atoms with van der Waals surface area (Å²) in [6.07, 6.45) is 7.46. The van der Waals surface area contributed by atoms with Crippen LogP contribution in [0.4, 0.5) is 9.18 Å². The van der Waals surface area contributed by atoms with Crippen molar-refractivity contribution in [3.05, 3.63) is 47.4 Å². The van der Waals surface area contributed by atoms with Crippen LogP contribution in [0.25, 0.3) is 17.0 Å². The Morgan fingerprint density at radius 1 is 1.09 bits per heavy atom. The van der Waals surface area contributed by atoms with Crippen LogP contribution in [0.15, 0.2) is 36.1 Å². The minimum absolute atomic E-state index is 0.0688. The Hall–Kier alpha value is -3.28. The molecule has 10 nitrogen and oxygen atoms in total. The minimum atomic E-state index is -0.875. The summed E-state index contributed by atoms with van der Waals surface area (Å²) in [6, 6.07) is 3.49. The maximum Gasteiger partial charge on any atom is 0.410 e. The second-order valence-electron chi connectivity index (χ2n) is 13.0. The lowest BCUT2D eigenvalue weighted by atomic mass is 9.91. The van der Waals surface area contributed by atoms with Gasteiger partial charge in [0.25, 0.3) is 0 Å². The summed E-state index contributed by atoms with van der Waals surface area (Å²) in [6.45, 7) is 9.90. The van der Waals surface area contributed by atoms with Gasteiger partial charge in [0.05, 0.1) is 29.5 Å². The van der Waals surface area contributed by atoms with Crippen LogP contribution in [0.1, 0.15) is 64.5 Å². The van der Waals surface area contributed by atoms with Crippen molar-refractivity contribution in [3.8, 4) is 0 Å². The normalized spacial score (nSPS) is 29.1. The SMILES string of the molecule is C/C(=C\c1cc(F)c2cn(C3CCOCC3)nc2c1)[C@H]1OC(=O)C[C@H](O)CC[C@H](C)[C@@H](OC(=O)N2CCN(C)CC2)/C=C\[C@@H]1C. The van der Waals surface area contributed by atoms with Gasteiger partial charge in [0.1, 0.15) is 18.0 Å². The number of hydrogen-bond donors (Lipinski definition) is 1. The van der Waals surface area contributed by atoms with E-state index in [0.29, 0.717) is 61.2 Å². The lowest BCUT2D eigenvalue weighted by Gasteiger charge is -2.33. The van der Waals surface area contributed by atoms with Crippen molar-refractivity contribution in [2.24, 2.45) is 11.8 Å². The van der Waals surface area contributed by atoms with Crippen LogP contribution in [0.2, 0.25) is 0 Å². The van der Waals surface area contributed by atoms with Crippen LogP contribution in [0, 0.1) is 17.7 Å². The molecule has 45 heavy (non-hydrogen) atoms. The third kappa shape index (κ3) is 8.51. The number of hydrogen-bond acceptors (Lipinski definition) is 8. The van der Waals surface area contributed by atoms with Gasteiger partial charge in [0.15, 0.2) is 0 Å². The van der Waals surface area contributed by atoms with Gasteiger partial charge in [-0.2, -0.15) is 5.10 Å². The van der Waals surface area contributed by atoms with E-state index < -0.39 is 24.3 Å². The molecule has 0 unspecified atom stereocenters. The second kappa shape index (κ2) is 14.9. The number of cyclic esters (lactones) is 1. The summed E-state index contributed by atoms with van der Waals surface area (Å²) in [5.41, 5.74) is 1.89. The predicted molar refractivity (Wildman–Crippen MR) is 169 cm³/mol. The Bertz CT molecular complexity index is 1390. The molecular formula is C34H47FN4O6. The van der Waals surface area contributed by atoms with Crippen molar-refractivity contribution in [1.82, 2.24) is 19.6 Å². The highest BCUT2D eigenvalue weighted by atomic mass is 19.1. The van der Waals surface area contributed by atoms with Crippen molar-refractivity contribution in [2.45, 2.75) is 77.2 Å². The van der Waals surface area contributed by atoms with Gasteiger partial charge in [-0.25, -0.2) is 9.18 Å². The third-order valence-corrected chi connectivity index (χ3v) is 9.28. The summed E-state index contributed by atoms with van der Waals surface area (Å²) in [5, 5.41) is 15.8. The van der Waals surface area contributed by atoms with E-state index >= 15 is 4.39 Å². The fourth-order valence-corrected chi connectivity index (χ4v) is 6.31. The number of aromatic nitrogens is 2. The van der Waals surface area contributed by atoms with E-state index in [-0.39, 0.29) is 36.2 Å². The molecule has 1 amide bonds. The number of carbonyl (C=O) groups excluding carboxylic acids is 2. The Balaban J connectivity index is 1.37. The molecule has 1 aromatic heterocycles. The lowest BCUT2D eigenvalue weighted by molar-refractivity contribution is -0.151. The zero-order valence-electron chi connectivity index (χ0n) is 26.9. The van der Waals surface area contributed by atoms with E-state index in [1.165, 1.54) is 6.07 Å². The van der Waals surface area contributed by atoms with E-state index in [2.05, 4.69) is 10.00 Å². The van der Waals surface area contributed by atoms with Crippen molar-refractivity contribution >= 4 is 29.0 Å². The minimum Gasteiger partial charge on any atom is -0.457 e. The summed E-state index contributed by atoms with van der Waals surface area (Å²) < 4.78 is 34.5. The molecule has 0 bridgehead atoms. The van der Waals surface area contributed by atoms with Gasteiger partial charge in [-0.1, -0.05) is 26.0 Å². The molecule has 2 aromatic rings. The number of benzene rings is 1. The summed E-state index contributed by atoms with van der Waals surface area (Å²) in [5.74, 6) is -1.22. The molecule has 2 fully saturated rings. The van der Waals surface area contributed by atoms with E-state index in [0.717, 1.165) is 25.9 Å². The average molecular weight is 627 g/mol. The van der Waals surface area contributed by atoms with Gasteiger partial charge in [0, 0.05) is 51.5 Å². The molecule has 0 radical (unpaired) electrons. The molecule has 0 spiro atoms. The topological polar surface area (TPSA) is 106 Å². The molecule has 11 heteroatoms. The van der Waals surface area contributed by atoms with Crippen LogP contribution >= 0.6 is 0 Å². The van der Waals surface area contributed by atoms with E-state index in [4.69, 9.17) is 14.2 Å². The van der Waals surface area contributed by atoms with Crippen molar-refractivity contribution < 1.29 is 33.3 Å². The number of aliphatic hydroxyl groups is 1. The number of halogens is 1. The zero-order chi connectivity index (χ0) is 32.1. The van der Waals surface area contributed by atoms with Crippen LogP contribution in [0.3, 0.4) is 0 Å². The molecule has 3 aliphatic heterocycles. The molecule has 5 atom stereocenters. The first-order valence-electron chi connectivity index (χ1n) is 16.2. The fourth-order valence-electron chi connectivity index (χ4n) is 6.31. The number of ether oxygens (including phenoxy) is 3. The molecule has 1 aromatic carbocycles. The number of aliphatic hydroxyl groups excluding tert-OH is 1. The Kier molecular flexibility index (Phi) is 10.9. The standard InChI is InChI=1S/C34H47FN4O6/c1-22-5-7-27(40)20-32(41)45-33(23(2)6-8-31(22)44-34(42)38-13-11-37(4)12-14-38)24(3)17-25-18-29(35)28-21-39(36-30(28)19-25)26-9-15-43-16-10-26/h6,8,17-19,21-23,26-27,31,33,40H,5,7,9-16,20H2,1-4H3/b8-6-,24-17+/t22-,23-,27+,31-,33-/m0/s1.